The van der Waals surface area contributed by atoms with Crippen LogP contribution in [0.15, 0.2) is 65.2 Å². The first-order chi connectivity index (χ1) is 28.1. The third-order valence-electron chi connectivity index (χ3n) is 12.1. The number of rotatable bonds is 10. The minimum atomic E-state index is -3.00. The highest BCUT2D eigenvalue weighted by Crippen LogP contribution is 2.59. The Balaban J connectivity index is 1.38. The van der Waals surface area contributed by atoms with Crippen molar-refractivity contribution in [2.45, 2.75) is 103 Å². The van der Waals surface area contributed by atoms with E-state index in [1.165, 1.54) is 0 Å². The van der Waals surface area contributed by atoms with Crippen molar-refractivity contribution in [3.63, 3.8) is 0 Å². The summed E-state index contributed by atoms with van der Waals surface area (Å²) in [5.74, 6) is -4.59. The second-order valence-corrected chi connectivity index (χ2v) is 23.8. The van der Waals surface area contributed by atoms with E-state index in [2.05, 4.69) is 15.5 Å². The molecule has 3 aliphatic carbocycles. The van der Waals surface area contributed by atoms with Gasteiger partial charge in [0.15, 0.2) is 42.8 Å². The van der Waals surface area contributed by atoms with Crippen molar-refractivity contribution < 1.29 is 42.3 Å². The number of ketones is 3. The molecule has 5 atom stereocenters. The van der Waals surface area contributed by atoms with Gasteiger partial charge < -0.3 is 23.2 Å². The number of carbonyl (C=O) groups is 4. The van der Waals surface area contributed by atoms with Crippen LogP contribution in [0, 0.1) is 17.8 Å². The number of halogens is 1. The molecule has 2 aromatic carbocycles. The molecule has 13 nitrogen and oxygen atoms in total. The number of anilines is 1. The molecular weight excluding hydrogens is 804 g/mol. The molecule has 2 heterocycles. The summed E-state index contributed by atoms with van der Waals surface area (Å²) < 4.78 is 31.3. The van der Waals surface area contributed by atoms with Crippen molar-refractivity contribution in [1.29, 1.82) is 0 Å². The number of Topliss-reactive ketones (excluding diaryl/α,β-unsaturated/α-hetero) is 3. The lowest BCUT2D eigenvalue weighted by atomic mass is 9.54. The zero-order valence-electron chi connectivity index (χ0n) is 35.8. The first-order valence-electron chi connectivity index (χ1n) is 20.2. The van der Waals surface area contributed by atoms with E-state index in [-0.39, 0.29) is 65.5 Å². The normalized spacial score (nSPS) is 22.7. The number of hydrogen-bond donors (Lipinski definition) is 1. The van der Waals surface area contributed by atoms with E-state index in [4.69, 9.17) is 34.8 Å². The summed E-state index contributed by atoms with van der Waals surface area (Å²) >= 11 is 6.92. The lowest BCUT2D eigenvalue weighted by Crippen LogP contribution is -2.70. The quantitative estimate of drug-likeness (QED) is 0.0918. The van der Waals surface area contributed by atoms with Crippen LogP contribution in [0.25, 0.3) is 0 Å². The Morgan fingerprint density at radius 1 is 0.933 bits per heavy atom. The zero-order valence-corrected chi connectivity index (χ0v) is 37.6. The van der Waals surface area contributed by atoms with Gasteiger partial charge in [-0.05, 0) is 88.0 Å². The van der Waals surface area contributed by atoms with Gasteiger partial charge in [-0.3, -0.25) is 24.6 Å². The van der Waals surface area contributed by atoms with Crippen LogP contribution in [0.1, 0.15) is 97.2 Å². The van der Waals surface area contributed by atoms with Crippen molar-refractivity contribution in [3.05, 3.63) is 99.4 Å². The molecule has 0 radical (unpaired) electrons. The summed E-state index contributed by atoms with van der Waals surface area (Å²) in [6.45, 7) is 15.3. The van der Waals surface area contributed by atoms with Gasteiger partial charge in [0.2, 0.25) is 5.78 Å². The number of amides is 1. The average Bonchev–Trinajstić information content (AvgIpc) is 3.58. The van der Waals surface area contributed by atoms with E-state index >= 15 is 14.4 Å². The number of benzene rings is 2. The van der Waals surface area contributed by atoms with Crippen molar-refractivity contribution in [3.8, 4) is 11.6 Å². The number of aromatic nitrogens is 2. The van der Waals surface area contributed by atoms with Crippen LogP contribution in [0.2, 0.25) is 23.3 Å². The van der Waals surface area contributed by atoms with Gasteiger partial charge in [0.1, 0.15) is 29.5 Å². The highest BCUT2D eigenvalue weighted by Gasteiger charge is 2.70. The molecule has 4 aromatic rings. The Kier molecular flexibility index (Phi) is 11.4. The lowest BCUT2D eigenvalue weighted by molar-refractivity contribution is -0.151. The minimum Gasteiger partial charge on any atom is -0.484 e. The van der Waals surface area contributed by atoms with Gasteiger partial charge in [-0.15, -0.1) is 0 Å². The molecule has 3 aliphatic rings. The molecule has 60 heavy (non-hydrogen) atoms. The van der Waals surface area contributed by atoms with Crippen LogP contribution in [0.5, 0.6) is 11.6 Å². The fraction of sp³-hybridized carbons (Fsp3) is 0.467. The topological polar surface area (TPSA) is 159 Å². The SMILES string of the molecule is CN(C)[C@@H]1c2onc(OCc3ccccc3)c2C(=O)[C@@]2(O[Si](C)(C)C(C)(C)C)C(=O)C3C(=O)c4c(c(Cl)nc(NC(=O)OC(C)(C)C)c4OCc4ccccc4)C[C@H]3C[C@@H]12. The molecular formula is C45H53ClN4O9Si. The van der Waals surface area contributed by atoms with Crippen molar-refractivity contribution in [1.82, 2.24) is 15.0 Å². The molecule has 2 aromatic heterocycles. The van der Waals surface area contributed by atoms with E-state index < -0.39 is 71.8 Å². The molecule has 1 saturated carbocycles. The minimum absolute atomic E-state index is 0.000429. The Bertz CT molecular complexity index is 2320. The van der Waals surface area contributed by atoms with Gasteiger partial charge in [-0.2, -0.15) is 0 Å². The summed E-state index contributed by atoms with van der Waals surface area (Å²) in [6, 6.07) is 18.0. The molecule has 0 aliphatic heterocycles. The highest BCUT2D eigenvalue weighted by molar-refractivity contribution is 6.74. The number of nitrogens with one attached hydrogen (secondary N) is 1. The fourth-order valence-corrected chi connectivity index (χ4v) is 10.1. The van der Waals surface area contributed by atoms with Gasteiger partial charge >= 0.3 is 6.09 Å². The van der Waals surface area contributed by atoms with E-state index in [9.17, 15) is 4.79 Å². The molecule has 0 spiro atoms. The molecule has 1 fully saturated rings. The zero-order chi connectivity index (χ0) is 43.5. The molecule has 0 saturated heterocycles. The maximum atomic E-state index is 15.9. The molecule has 15 heteroatoms. The van der Waals surface area contributed by atoms with Gasteiger partial charge in [0, 0.05) is 11.5 Å². The van der Waals surface area contributed by atoms with Crippen LogP contribution in [0.3, 0.4) is 0 Å². The van der Waals surface area contributed by atoms with Crippen LogP contribution >= 0.6 is 11.6 Å². The average molecular weight is 857 g/mol. The Morgan fingerprint density at radius 3 is 2.10 bits per heavy atom. The van der Waals surface area contributed by atoms with Crippen LogP contribution in [0.4, 0.5) is 10.6 Å². The van der Waals surface area contributed by atoms with Crippen LogP contribution in [-0.2, 0) is 33.6 Å². The van der Waals surface area contributed by atoms with Gasteiger partial charge in [0.05, 0.1) is 17.5 Å². The van der Waals surface area contributed by atoms with E-state index in [0.717, 1.165) is 11.1 Å². The molecule has 1 amide bonds. The largest absolute Gasteiger partial charge is 0.484 e. The summed E-state index contributed by atoms with van der Waals surface area (Å²) in [6.07, 6.45) is -0.458. The Labute approximate surface area is 356 Å². The van der Waals surface area contributed by atoms with Crippen LogP contribution in [-0.4, -0.2) is 72.1 Å². The Morgan fingerprint density at radius 2 is 1.53 bits per heavy atom. The van der Waals surface area contributed by atoms with Gasteiger partial charge in [-0.25, -0.2) is 9.78 Å². The molecule has 0 bridgehead atoms. The molecule has 1 unspecified atom stereocenters. The third-order valence-corrected chi connectivity index (χ3v) is 16.9. The van der Waals surface area contributed by atoms with Crippen molar-refractivity contribution >= 4 is 49.2 Å². The second-order valence-electron chi connectivity index (χ2n) is 18.7. The third kappa shape index (κ3) is 7.78. The molecule has 7 rings (SSSR count). The number of hydrogen-bond acceptors (Lipinski definition) is 12. The number of fused-ring (bicyclic) bond motifs is 4. The van der Waals surface area contributed by atoms with Crippen molar-refractivity contribution in [2.24, 2.45) is 17.8 Å². The van der Waals surface area contributed by atoms with Gasteiger partial charge in [-0.1, -0.05) is 93.0 Å². The number of ether oxygens (including phenoxy) is 3. The van der Waals surface area contributed by atoms with Crippen molar-refractivity contribution in [2.75, 3.05) is 19.4 Å². The van der Waals surface area contributed by atoms with E-state index in [1.54, 1.807) is 20.8 Å². The summed E-state index contributed by atoms with van der Waals surface area (Å²) in [5.41, 5.74) is -0.930. The second kappa shape index (κ2) is 15.9. The van der Waals surface area contributed by atoms with Gasteiger partial charge in [0.25, 0.3) is 5.88 Å². The number of nitrogens with zero attached hydrogens (tertiary/aromatic N) is 3. The monoisotopic (exact) mass is 856 g/mol. The summed E-state index contributed by atoms with van der Waals surface area (Å²) in [4.78, 5) is 66.5. The first kappa shape index (κ1) is 43.2. The molecule has 1 N–H and O–H groups in total. The molecule has 318 valence electrons. The van der Waals surface area contributed by atoms with E-state index in [0.29, 0.717) is 5.56 Å². The maximum absolute atomic E-state index is 15.9. The highest BCUT2D eigenvalue weighted by atomic mass is 35.5. The number of carbonyl (C=O) groups excluding carboxylic acids is 4. The number of pyridine rings is 1. The fourth-order valence-electron chi connectivity index (χ4n) is 8.43. The predicted molar refractivity (Wildman–Crippen MR) is 227 cm³/mol. The van der Waals surface area contributed by atoms with Crippen LogP contribution < -0.4 is 14.8 Å². The maximum Gasteiger partial charge on any atom is 0.413 e. The smallest absolute Gasteiger partial charge is 0.413 e. The summed E-state index contributed by atoms with van der Waals surface area (Å²) in [7, 11) is 0.704. The lowest BCUT2D eigenvalue weighted by Gasteiger charge is -2.56. The summed E-state index contributed by atoms with van der Waals surface area (Å²) in [5, 5.41) is 6.42. The van der Waals surface area contributed by atoms with E-state index in [1.807, 2.05) is 114 Å². The Hall–Kier alpha value is -4.89. The predicted octanol–water partition coefficient (Wildman–Crippen LogP) is 9.05. The first-order valence-corrected chi connectivity index (χ1v) is 23.5. The standard InChI is InChI=1S/C45H53ClN4O9Si/c1-43(2,3)57-42(54)48-40-36(55-23-25-17-13-11-14-18-25)31-28(39(46)47-40)21-27-22-29-33(50(7)8)35-32(41(49-58-35)56-24-26-19-15-12-16-20-26)38(53)45(29,37(52)30(27)34(31)51)59-60(9,10)44(4,5)6/h11-20,27,29-30,33H,21-24H2,1-10H3,(H,47,48,54)/t27-,29-,30?,33-,45-/m0/s1.